The van der Waals surface area contributed by atoms with E-state index in [0.29, 0.717) is 10.9 Å². The Balaban J connectivity index is 2.19. The molecule has 2 rings (SSSR count). The van der Waals surface area contributed by atoms with Gasteiger partial charge < -0.3 is 5.32 Å². The zero-order chi connectivity index (χ0) is 13.8. The third-order valence-electron chi connectivity index (χ3n) is 4.25. The molecule has 0 saturated heterocycles. The van der Waals surface area contributed by atoms with Crippen molar-refractivity contribution < 1.29 is 4.39 Å². The van der Waals surface area contributed by atoms with Crippen molar-refractivity contribution >= 4 is 11.6 Å². The van der Waals surface area contributed by atoms with Gasteiger partial charge in [-0.2, -0.15) is 0 Å². The van der Waals surface area contributed by atoms with E-state index >= 15 is 0 Å². The Morgan fingerprint density at radius 2 is 2.00 bits per heavy atom. The van der Waals surface area contributed by atoms with Crippen LogP contribution in [0.5, 0.6) is 0 Å². The minimum Gasteiger partial charge on any atom is -0.310 e. The highest BCUT2D eigenvalue weighted by Crippen LogP contribution is 2.38. The van der Waals surface area contributed by atoms with Crippen LogP contribution in [0.4, 0.5) is 4.39 Å². The largest absolute Gasteiger partial charge is 0.310 e. The molecule has 1 aromatic carbocycles. The number of hydrogen-bond donors (Lipinski definition) is 1. The van der Waals surface area contributed by atoms with Crippen molar-refractivity contribution in [2.75, 3.05) is 6.54 Å². The van der Waals surface area contributed by atoms with E-state index in [1.807, 2.05) is 6.07 Å². The average Bonchev–Trinajstić information content (AvgIpc) is 2.38. The van der Waals surface area contributed by atoms with E-state index in [1.165, 1.54) is 37.8 Å². The molecule has 0 bridgehead atoms. The van der Waals surface area contributed by atoms with Gasteiger partial charge in [0.2, 0.25) is 0 Å². The average molecular weight is 284 g/mol. The zero-order valence-corrected chi connectivity index (χ0v) is 12.5. The Labute approximate surface area is 120 Å². The van der Waals surface area contributed by atoms with Gasteiger partial charge in [0, 0.05) is 11.1 Å². The van der Waals surface area contributed by atoms with E-state index in [4.69, 9.17) is 11.6 Å². The van der Waals surface area contributed by atoms with Gasteiger partial charge in [0.1, 0.15) is 5.82 Å². The minimum atomic E-state index is -0.263. The second-order valence-electron chi connectivity index (χ2n) is 5.72. The molecule has 0 radical (unpaired) electrons. The molecule has 19 heavy (non-hydrogen) atoms. The van der Waals surface area contributed by atoms with Gasteiger partial charge in [-0.3, -0.25) is 0 Å². The summed E-state index contributed by atoms with van der Waals surface area (Å²) in [5.41, 5.74) is 1.05. The first-order chi connectivity index (χ1) is 9.11. The van der Waals surface area contributed by atoms with E-state index in [0.717, 1.165) is 18.0 Å². The monoisotopic (exact) mass is 283 g/mol. The van der Waals surface area contributed by atoms with E-state index < -0.39 is 0 Å². The normalized spacial score (nSPS) is 25.3. The Bertz CT molecular complexity index is 413. The molecule has 1 aromatic rings. The second kappa shape index (κ2) is 6.71. The van der Waals surface area contributed by atoms with Gasteiger partial charge in [0.25, 0.3) is 0 Å². The molecule has 3 heteroatoms. The highest BCUT2D eigenvalue weighted by Gasteiger charge is 2.28. The van der Waals surface area contributed by atoms with Crippen molar-refractivity contribution in [3.05, 3.63) is 34.6 Å². The van der Waals surface area contributed by atoms with Gasteiger partial charge in [-0.25, -0.2) is 4.39 Å². The highest BCUT2D eigenvalue weighted by atomic mass is 35.5. The van der Waals surface area contributed by atoms with Gasteiger partial charge in [0.15, 0.2) is 0 Å². The fraction of sp³-hybridized carbons (Fsp3) is 0.625. The van der Waals surface area contributed by atoms with E-state index in [-0.39, 0.29) is 11.9 Å². The van der Waals surface area contributed by atoms with Crippen LogP contribution in [0.25, 0.3) is 0 Å². The number of benzene rings is 1. The Morgan fingerprint density at radius 1 is 1.32 bits per heavy atom. The van der Waals surface area contributed by atoms with Gasteiger partial charge in [-0.15, -0.1) is 0 Å². The molecule has 106 valence electrons. The third kappa shape index (κ3) is 3.70. The predicted octanol–water partition coefficient (Wildman–Crippen LogP) is 4.96. The van der Waals surface area contributed by atoms with Crippen molar-refractivity contribution in [3.8, 4) is 0 Å². The van der Waals surface area contributed by atoms with E-state index in [2.05, 4.69) is 19.2 Å². The van der Waals surface area contributed by atoms with Crippen molar-refractivity contribution in [2.45, 2.75) is 45.6 Å². The summed E-state index contributed by atoms with van der Waals surface area (Å²) >= 11 is 6.23. The zero-order valence-electron chi connectivity index (χ0n) is 11.8. The van der Waals surface area contributed by atoms with Gasteiger partial charge in [-0.1, -0.05) is 44.4 Å². The molecule has 1 N–H and O–H groups in total. The molecular formula is C16H23ClFN. The second-order valence-corrected chi connectivity index (χ2v) is 6.13. The molecule has 0 aliphatic heterocycles. The maximum atomic E-state index is 13.2. The summed E-state index contributed by atoms with van der Waals surface area (Å²) in [6.45, 7) is 5.34. The lowest BCUT2D eigenvalue weighted by molar-refractivity contribution is 0.233. The molecule has 0 spiro atoms. The fourth-order valence-corrected chi connectivity index (χ4v) is 3.41. The SMILES string of the molecule is CCNC(c1ccc(F)cc1Cl)C1CCC(C)CC1. The van der Waals surface area contributed by atoms with Crippen molar-refractivity contribution in [1.29, 1.82) is 0 Å². The van der Waals surface area contributed by atoms with Crippen molar-refractivity contribution in [3.63, 3.8) is 0 Å². The number of halogens is 2. The molecule has 0 amide bonds. The minimum absolute atomic E-state index is 0.255. The van der Waals surface area contributed by atoms with Gasteiger partial charge in [-0.05, 0) is 48.9 Å². The summed E-state index contributed by atoms with van der Waals surface area (Å²) in [7, 11) is 0. The van der Waals surface area contributed by atoms with Gasteiger partial charge in [0.05, 0.1) is 0 Å². The van der Waals surface area contributed by atoms with Crippen molar-refractivity contribution in [1.82, 2.24) is 5.32 Å². The van der Waals surface area contributed by atoms with E-state index in [1.54, 1.807) is 0 Å². The number of rotatable bonds is 4. The summed E-state index contributed by atoms with van der Waals surface area (Å²) in [6.07, 6.45) is 5.02. The predicted molar refractivity (Wildman–Crippen MR) is 78.9 cm³/mol. The van der Waals surface area contributed by atoms with Crippen LogP contribution in [0, 0.1) is 17.7 Å². The lowest BCUT2D eigenvalue weighted by Gasteiger charge is -2.34. The lowest BCUT2D eigenvalue weighted by atomic mass is 9.77. The van der Waals surface area contributed by atoms with E-state index in [9.17, 15) is 4.39 Å². The third-order valence-corrected chi connectivity index (χ3v) is 4.58. The number of nitrogens with one attached hydrogen (secondary N) is 1. The molecule has 1 atom stereocenters. The molecule has 1 unspecified atom stereocenters. The lowest BCUT2D eigenvalue weighted by Crippen LogP contribution is -2.31. The van der Waals surface area contributed by atoms with Crippen LogP contribution in [0.3, 0.4) is 0 Å². The van der Waals surface area contributed by atoms with Crippen molar-refractivity contribution in [2.24, 2.45) is 11.8 Å². The number of hydrogen-bond acceptors (Lipinski definition) is 1. The van der Waals surface area contributed by atoms with Crippen LogP contribution in [-0.2, 0) is 0 Å². The molecule has 1 aliphatic carbocycles. The first kappa shape index (κ1) is 14.8. The highest BCUT2D eigenvalue weighted by molar-refractivity contribution is 6.31. The quantitative estimate of drug-likeness (QED) is 0.824. The van der Waals surface area contributed by atoms with Crippen LogP contribution in [0.1, 0.15) is 51.1 Å². The summed E-state index contributed by atoms with van der Waals surface area (Å²) in [5.74, 6) is 1.18. The summed E-state index contributed by atoms with van der Waals surface area (Å²) in [4.78, 5) is 0. The maximum absolute atomic E-state index is 13.2. The summed E-state index contributed by atoms with van der Waals surface area (Å²) in [5, 5.41) is 4.08. The van der Waals surface area contributed by atoms with Crippen LogP contribution >= 0.6 is 11.6 Å². The molecule has 1 saturated carbocycles. The fourth-order valence-electron chi connectivity index (χ4n) is 3.12. The molecule has 0 heterocycles. The van der Waals surface area contributed by atoms with Crippen LogP contribution in [0.2, 0.25) is 5.02 Å². The van der Waals surface area contributed by atoms with Crippen LogP contribution < -0.4 is 5.32 Å². The Hall–Kier alpha value is -0.600. The smallest absolute Gasteiger partial charge is 0.124 e. The molecule has 0 aromatic heterocycles. The summed E-state index contributed by atoms with van der Waals surface area (Å²) < 4.78 is 13.2. The first-order valence-corrected chi connectivity index (χ1v) is 7.68. The molecule has 1 nitrogen and oxygen atoms in total. The topological polar surface area (TPSA) is 12.0 Å². The Morgan fingerprint density at radius 3 is 2.58 bits per heavy atom. The molecular weight excluding hydrogens is 261 g/mol. The van der Waals surface area contributed by atoms with Crippen LogP contribution in [0.15, 0.2) is 18.2 Å². The molecule has 1 aliphatic rings. The van der Waals surface area contributed by atoms with Gasteiger partial charge >= 0.3 is 0 Å². The standard InChI is InChI=1S/C16H23ClFN/c1-3-19-16(12-6-4-11(2)5-7-12)14-9-8-13(18)10-15(14)17/h8-12,16,19H,3-7H2,1-2H3. The molecule has 1 fully saturated rings. The summed E-state index contributed by atoms with van der Waals surface area (Å²) in [6, 6.07) is 5.03. The van der Waals surface area contributed by atoms with Crippen LogP contribution in [-0.4, -0.2) is 6.54 Å². The first-order valence-electron chi connectivity index (χ1n) is 7.30. The maximum Gasteiger partial charge on any atom is 0.124 e. The Kier molecular flexibility index (Phi) is 5.23.